The number of carboxylic acids is 1. The van der Waals surface area contributed by atoms with Crippen molar-refractivity contribution >= 4 is 11.7 Å². The van der Waals surface area contributed by atoms with Crippen LogP contribution in [0.1, 0.15) is 36.0 Å². The van der Waals surface area contributed by atoms with Crippen LogP contribution in [-0.4, -0.2) is 17.6 Å². The first-order chi connectivity index (χ1) is 8.74. The summed E-state index contributed by atoms with van der Waals surface area (Å²) in [7, 11) is 0. The normalized spacial score (nSPS) is 18.9. The zero-order valence-corrected chi connectivity index (χ0v) is 10.4. The second-order valence-electron chi connectivity index (χ2n) is 5.60. The summed E-state index contributed by atoms with van der Waals surface area (Å²) in [5, 5.41) is 12.3. The second kappa shape index (κ2) is 4.63. The van der Waals surface area contributed by atoms with Crippen molar-refractivity contribution in [2.75, 3.05) is 11.9 Å². The maximum absolute atomic E-state index is 10.8. The number of benzene rings is 1. The van der Waals surface area contributed by atoms with Gasteiger partial charge in [0, 0.05) is 12.2 Å². The van der Waals surface area contributed by atoms with E-state index < -0.39 is 5.97 Å². The highest BCUT2D eigenvalue weighted by atomic mass is 16.4. The van der Waals surface area contributed by atoms with Crippen LogP contribution in [0.2, 0.25) is 0 Å². The first kappa shape index (κ1) is 11.6. The standard InChI is InChI=1S/C15H19NO2/c17-15(18)12-5-7-13(8-6-12)16-9-14(10-1-2-10)11-3-4-11/h5-8,10-11,14,16H,1-4,9H2,(H,17,18). The quantitative estimate of drug-likeness (QED) is 0.809. The zero-order valence-electron chi connectivity index (χ0n) is 10.4. The van der Waals surface area contributed by atoms with E-state index in [4.69, 9.17) is 5.11 Å². The first-order valence-corrected chi connectivity index (χ1v) is 6.81. The van der Waals surface area contributed by atoms with Gasteiger partial charge >= 0.3 is 5.97 Å². The Bertz CT molecular complexity index is 420. The summed E-state index contributed by atoms with van der Waals surface area (Å²) in [6.45, 7) is 1.04. The third-order valence-corrected chi connectivity index (χ3v) is 4.13. The van der Waals surface area contributed by atoms with Gasteiger partial charge in [-0.25, -0.2) is 4.79 Å². The summed E-state index contributed by atoms with van der Waals surface area (Å²) in [4.78, 5) is 10.8. The van der Waals surface area contributed by atoms with Crippen molar-refractivity contribution < 1.29 is 9.90 Å². The van der Waals surface area contributed by atoms with Crippen LogP contribution in [0, 0.1) is 17.8 Å². The van der Waals surface area contributed by atoms with E-state index in [1.165, 1.54) is 25.7 Å². The van der Waals surface area contributed by atoms with Crippen LogP contribution in [0.15, 0.2) is 24.3 Å². The maximum Gasteiger partial charge on any atom is 0.335 e. The molecular formula is C15H19NO2. The number of hydrogen-bond donors (Lipinski definition) is 2. The zero-order chi connectivity index (χ0) is 12.5. The Kier molecular flexibility index (Phi) is 2.98. The third kappa shape index (κ3) is 2.66. The largest absolute Gasteiger partial charge is 0.478 e. The van der Waals surface area contributed by atoms with Gasteiger partial charge in [-0.3, -0.25) is 0 Å². The van der Waals surface area contributed by atoms with Crippen LogP contribution in [-0.2, 0) is 0 Å². The molecule has 0 amide bonds. The van der Waals surface area contributed by atoms with Crippen molar-refractivity contribution in [3.05, 3.63) is 29.8 Å². The Morgan fingerprint density at radius 3 is 2.17 bits per heavy atom. The molecule has 0 heterocycles. The molecule has 0 radical (unpaired) electrons. The number of hydrogen-bond acceptors (Lipinski definition) is 2. The predicted octanol–water partition coefficient (Wildman–Crippen LogP) is 3.23. The molecule has 0 aliphatic heterocycles. The highest BCUT2D eigenvalue weighted by Crippen LogP contribution is 2.49. The summed E-state index contributed by atoms with van der Waals surface area (Å²) in [5.41, 5.74) is 1.38. The molecule has 18 heavy (non-hydrogen) atoms. The van der Waals surface area contributed by atoms with E-state index in [9.17, 15) is 4.79 Å². The van der Waals surface area contributed by atoms with Gasteiger partial charge in [-0.1, -0.05) is 0 Å². The SMILES string of the molecule is O=C(O)c1ccc(NCC(C2CC2)C2CC2)cc1. The van der Waals surface area contributed by atoms with Gasteiger partial charge in [-0.2, -0.15) is 0 Å². The van der Waals surface area contributed by atoms with E-state index >= 15 is 0 Å². The van der Waals surface area contributed by atoms with Crippen LogP contribution >= 0.6 is 0 Å². The summed E-state index contributed by atoms with van der Waals surface area (Å²) in [5.74, 6) is 1.87. The molecule has 2 N–H and O–H groups in total. The number of carbonyl (C=O) groups is 1. The van der Waals surface area contributed by atoms with Crippen molar-refractivity contribution in [3.63, 3.8) is 0 Å². The Morgan fingerprint density at radius 1 is 1.17 bits per heavy atom. The number of anilines is 1. The average Bonchev–Trinajstić information content (AvgIpc) is 3.24. The molecule has 0 aromatic heterocycles. The molecule has 0 bridgehead atoms. The molecule has 2 aliphatic rings. The lowest BCUT2D eigenvalue weighted by molar-refractivity contribution is 0.0697. The fourth-order valence-electron chi connectivity index (χ4n) is 2.73. The Balaban J connectivity index is 1.56. The van der Waals surface area contributed by atoms with Crippen molar-refractivity contribution in [1.29, 1.82) is 0 Å². The molecule has 3 rings (SSSR count). The average molecular weight is 245 g/mol. The van der Waals surface area contributed by atoms with E-state index in [-0.39, 0.29) is 0 Å². The molecule has 0 spiro atoms. The third-order valence-electron chi connectivity index (χ3n) is 4.13. The van der Waals surface area contributed by atoms with Gasteiger partial charge in [0.2, 0.25) is 0 Å². The van der Waals surface area contributed by atoms with Gasteiger partial charge in [0.15, 0.2) is 0 Å². The van der Waals surface area contributed by atoms with Crippen LogP contribution in [0.3, 0.4) is 0 Å². The lowest BCUT2D eigenvalue weighted by Gasteiger charge is -2.17. The van der Waals surface area contributed by atoms with Gasteiger partial charge in [-0.05, 0) is 67.7 Å². The summed E-state index contributed by atoms with van der Waals surface area (Å²) in [6, 6.07) is 7.04. The van der Waals surface area contributed by atoms with Crippen LogP contribution in [0.25, 0.3) is 0 Å². The van der Waals surface area contributed by atoms with Crippen LogP contribution < -0.4 is 5.32 Å². The fourth-order valence-corrected chi connectivity index (χ4v) is 2.73. The Morgan fingerprint density at radius 2 is 1.72 bits per heavy atom. The molecule has 0 atom stereocenters. The first-order valence-electron chi connectivity index (χ1n) is 6.81. The smallest absolute Gasteiger partial charge is 0.335 e. The number of nitrogens with one attached hydrogen (secondary N) is 1. The minimum absolute atomic E-state index is 0.349. The van der Waals surface area contributed by atoms with E-state index in [0.717, 1.165) is 30.0 Å². The lowest BCUT2D eigenvalue weighted by atomic mass is 9.98. The molecule has 0 unspecified atom stereocenters. The van der Waals surface area contributed by atoms with E-state index in [2.05, 4.69) is 5.32 Å². The monoisotopic (exact) mass is 245 g/mol. The predicted molar refractivity (Wildman–Crippen MR) is 70.8 cm³/mol. The van der Waals surface area contributed by atoms with Gasteiger partial charge in [0.25, 0.3) is 0 Å². The van der Waals surface area contributed by atoms with Gasteiger partial charge in [0.05, 0.1) is 5.56 Å². The number of carboxylic acid groups (broad SMARTS) is 1. The molecule has 3 nitrogen and oxygen atoms in total. The van der Waals surface area contributed by atoms with E-state index in [1.807, 2.05) is 12.1 Å². The highest BCUT2D eigenvalue weighted by Gasteiger charge is 2.40. The number of rotatable bonds is 6. The summed E-state index contributed by atoms with van der Waals surface area (Å²) in [6.07, 6.45) is 5.61. The van der Waals surface area contributed by atoms with Gasteiger partial charge in [0.1, 0.15) is 0 Å². The molecule has 3 heteroatoms. The van der Waals surface area contributed by atoms with Gasteiger partial charge in [-0.15, -0.1) is 0 Å². The molecular weight excluding hydrogens is 226 g/mol. The second-order valence-corrected chi connectivity index (χ2v) is 5.60. The lowest BCUT2D eigenvalue weighted by Crippen LogP contribution is -2.18. The molecule has 2 saturated carbocycles. The highest BCUT2D eigenvalue weighted by molar-refractivity contribution is 5.87. The van der Waals surface area contributed by atoms with Crippen molar-refractivity contribution in [2.45, 2.75) is 25.7 Å². The number of aromatic carboxylic acids is 1. The fraction of sp³-hybridized carbons (Fsp3) is 0.533. The molecule has 1 aromatic rings. The molecule has 1 aromatic carbocycles. The minimum atomic E-state index is -0.865. The Labute approximate surface area is 107 Å². The summed E-state index contributed by atoms with van der Waals surface area (Å²) < 4.78 is 0. The van der Waals surface area contributed by atoms with E-state index in [0.29, 0.717) is 5.56 Å². The topological polar surface area (TPSA) is 49.3 Å². The van der Waals surface area contributed by atoms with Crippen LogP contribution in [0.5, 0.6) is 0 Å². The minimum Gasteiger partial charge on any atom is -0.478 e. The van der Waals surface area contributed by atoms with Crippen molar-refractivity contribution in [1.82, 2.24) is 0 Å². The molecule has 96 valence electrons. The van der Waals surface area contributed by atoms with Crippen molar-refractivity contribution in [2.24, 2.45) is 17.8 Å². The molecule has 2 fully saturated rings. The maximum atomic E-state index is 10.8. The van der Waals surface area contributed by atoms with Gasteiger partial charge < -0.3 is 10.4 Å². The summed E-state index contributed by atoms with van der Waals surface area (Å²) >= 11 is 0. The Hall–Kier alpha value is -1.51. The van der Waals surface area contributed by atoms with Crippen molar-refractivity contribution in [3.8, 4) is 0 Å². The van der Waals surface area contributed by atoms with E-state index in [1.54, 1.807) is 12.1 Å². The molecule has 0 saturated heterocycles. The van der Waals surface area contributed by atoms with Crippen LogP contribution in [0.4, 0.5) is 5.69 Å². The molecule has 2 aliphatic carbocycles.